The molecule has 118 valence electrons. The molecule has 1 aliphatic heterocycles. The highest BCUT2D eigenvalue weighted by Gasteiger charge is 2.26. The van der Waals surface area contributed by atoms with Crippen LogP contribution in [0.25, 0.3) is 0 Å². The van der Waals surface area contributed by atoms with Crippen LogP contribution in [0.3, 0.4) is 0 Å². The predicted octanol–water partition coefficient (Wildman–Crippen LogP) is 3.05. The molecule has 0 fully saturated rings. The number of amides is 1. The fourth-order valence-electron chi connectivity index (χ4n) is 2.78. The third kappa shape index (κ3) is 3.51. The SMILES string of the molecule is C=CCN(CC=C)C(=O)/C(C#N)=C\N1c2ccccc2CC1C. The molecule has 1 aromatic rings. The predicted molar refractivity (Wildman–Crippen MR) is 92.8 cm³/mol. The highest BCUT2D eigenvalue weighted by molar-refractivity contribution is 5.98. The zero-order chi connectivity index (χ0) is 16.8. The van der Waals surface area contributed by atoms with Gasteiger partial charge in [-0.15, -0.1) is 13.2 Å². The van der Waals surface area contributed by atoms with Crippen molar-refractivity contribution >= 4 is 11.6 Å². The molecule has 1 aromatic carbocycles. The minimum atomic E-state index is -0.302. The molecular weight excluding hydrogens is 286 g/mol. The van der Waals surface area contributed by atoms with Gasteiger partial charge in [0.15, 0.2) is 0 Å². The molecular formula is C19H21N3O. The quantitative estimate of drug-likeness (QED) is 0.461. The van der Waals surface area contributed by atoms with Crippen LogP contribution in [0.1, 0.15) is 12.5 Å². The molecule has 0 N–H and O–H groups in total. The molecule has 1 amide bonds. The number of fused-ring (bicyclic) bond motifs is 1. The van der Waals surface area contributed by atoms with E-state index in [9.17, 15) is 10.1 Å². The summed E-state index contributed by atoms with van der Waals surface area (Å²) in [5.74, 6) is -0.302. The van der Waals surface area contributed by atoms with E-state index in [0.717, 1.165) is 12.1 Å². The second-order valence-electron chi connectivity index (χ2n) is 5.53. The van der Waals surface area contributed by atoms with Gasteiger partial charge in [0.2, 0.25) is 0 Å². The summed E-state index contributed by atoms with van der Waals surface area (Å²) in [7, 11) is 0. The summed E-state index contributed by atoms with van der Waals surface area (Å²) in [6.45, 7) is 10.2. The lowest BCUT2D eigenvalue weighted by atomic mass is 10.1. The van der Waals surface area contributed by atoms with Gasteiger partial charge in [0, 0.05) is 31.0 Å². The Bertz CT molecular complexity index is 674. The minimum absolute atomic E-state index is 0.122. The van der Waals surface area contributed by atoms with E-state index in [4.69, 9.17) is 0 Å². The summed E-state index contributed by atoms with van der Waals surface area (Å²) < 4.78 is 0. The van der Waals surface area contributed by atoms with E-state index in [0.29, 0.717) is 13.1 Å². The van der Waals surface area contributed by atoms with Crippen molar-refractivity contribution in [1.29, 1.82) is 5.26 Å². The first-order chi connectivity index (χ1) is 11.1. The summed E-state index contributed by atoms with van der Waals surface area (Å²) in [5.41, 5.74) is 2.41. The van der Waals surface area contributed by atoms with Crippen molar-refractivity contribution in [3.05, 3.63) is 66.9 Å². The molecule has 1 aliphatic rings. The van der Waals surface area contributed by atoms with Crippen LogP contribution in [-0.4, -0.2) is 29.9 Å². The summed E-state index contributed by atoms with van der Waals surface area (Å²) in [6, 6.07) is 10.3. The smallest absolute Gasteiger partial charge is 0.266 e. The number of carbonyl (C=O) groups is 1. The summed E-state index contributed by atoms with van der Waals surface area (Å²) in [4.78, 5) is 16.1. The number of hydrogen-bond acceptors (Lipinski definition) is 3. The Morgan fingerprint density at radius 1 is 1.39 bits per heavy atom. The number of nitrogens with zero attached hydrogens (tertiary/aromatic N) is 3. The molecule has 0 aliphatic carbocycles. The van der Waals surface area contributed by atoms with Crippen molar-refractivity contribution in [1.82, 2.24) is 4.90 Å². The number of carbonyl (C=O) groups excluding carboxylic acids is 1. The monoisotopic (exact) mass is 307 g/mol. The Morgan fingerprint density at radius 3 is 2.65 bits per heavy atom. The number of para-hydroxylation sites is 1. The van der Waals surface area contributed by atoms with Crippen molar-refractivity contribution in [2.24, 2.45) is 0 Å². The maximum absolute atomic E-state index is 12.6. The Balaban J connectivity index is 2.31. The molecule has 0 bridgehead atoms. The molecule has 23 heavy (non-hydrogen) atoms. The first-order valence-electron chi connectivity index (χ1n) is 7.61. The number of nitriles is 1. The number of hydrogen-bond donors (Lipinski definition) is 0. The second-order valence-corrected chi connectivity index (χ2v) is 5.53. The van der Waals surface area contributed by atoms with Crippen LogP contribution < -0.4 is 4.90 Å². The number of benzene rings is 1. The van der Waals surface area contributed by atoms with E-state index in [1.54, 1.807) is 23.3 Å². The van der Waals surface area contributed by atoms with Gasteiger partial charge in [0.1, 0.15) is 11.6 Å². The van der Waals surface area contributed by atoms with Crippen LogP contribution >= 0.6 is 0 Å². The molecule has 0 radical (unpaired) electrons. The van der Waals surface area contributed by atoms with E-state index >= 15 is 0 Å². The van der Waals surface area contributed by atoms with E-state index < -0.39 is 0 Å². The van der Waals surface area contributed by atoms with Gasteiger partial charge in [-0.3, -0.25) is 4.79 Å². The van der Waals surface area contributed by atoms with E-state index in [1.807, 2.05) is 29.2 Å². The van der Waals surface area contributed by atoms with Gasteiger partial charge in [-0.05, 0) is 25.0 Å². The normalized spacial score (nSPS) is 16.4. The van der Waals surface area contributed by atoms with Crippen molar-refractivity contribution in [3.8, 4) is 6.07 Å². The van der Waals surface area contributed by atoms with Gasteiger partial charge in [0.05, 0.1) is 0 Å². The molecule has 0 spiro atoms. The largest absolute Gasteiger partial charge is 0.343 e. The zero-order valence-electron chi connectivity index (χ0n) is 13.4. The maximum Gasteiger partial charge on any atom is 0.266 e. The minimum Gasteiger partial charge on any atom is -0.343 e. The lowest BCUT2D eigenvalue weighted by Crippen LogP contribution is -2.33. The number of anilines is 1. The molecule has 1 unspecified atom stereocenters. The van der Waals surface area contributed by atoms with Crippen LogP contribution in [0, 0.1) is 11.3 Å². The van der Waals surface area contributed by atoms with Crippen LogP contribution in [-0.2, 0) is 11.2 Å². The average Bonchev–Trinajstić information content (AvgIpc) is 2.87. The van der Waals surface area contributed by atoms with Gasteiger partial charge < -0.3 is 9.80 Å². The van der Waals surface area contributed by atoms with Crippen LogP contribution in [0.2, 0.25) is 0 Å². The molecule has 1 heterocycles. The van der Waals surface area contributed by atoms with Crippen molar-refractivity contribution < 1.29 is 4.79 Å². The van der Waals surface area contributed by atoms with Crippen molar-refractivity contribution in [3.63, 3.8) is 0 Å². The fourth-order valence-corrected chi connectivity index (χ4v) is 2.78. The van der Waals surface area contributed by atoms with E-state index in [-0.39, 0.29) is 17.5 Å². The fraction of sp³-hybridized carbons (Fsp3) is 0.263. The Kier molecular flexibility index (Phi) is 5.37. The summed E-state index contributed by atoms with van der Waals surface area (Å²) >= 11 is 0. The Labute approximate surface area is 137 Å². The summed E-state index contributed by atoms with van der Waals surface area (Å²) in [6.07, 6.45) is 5.86. The highest BCUT2D eigenvalue weighted by Crippen LogP contribution is 2.32. The average molecular weight is 307 g/mol. The first-order valence-corrected chi connectivity index (χ1v) is 7.61. The molecule has 0 saturated heterocycles. The number of rotatable bonds is 6. The Hall–Kier alpha value is -2.80. The summed E-state index contributed by atoms with van der Waals surface area (Å²) in [5, 5.41) is 9.43. The lowest BCUT2D eigenvalue weighted by molar-refractivity contribution is -0.125. The van der Waals surface area contributed by atoms with E-state index in [1.165, 1.54) is 5.56 Å². The molecule has 2 rings (SSSR count). The van der Waals surface area contributed by atoms with Gasteiger partial charge in [-0.25, -0.2) is 0 Å². The third-order valence-electron chi connectivity index (χ3n) is 3.87. The van der Waals surface area contributed by atoms with Crippen LogP contribution in [0.5, 0.6) is 0 Å². The van der Waals surface area contributed by atoms with Gasteiger partial charge in [-0.2, -0.15) is 5.26 Å². The zero-order valence-corrected chi connectivity index (χ0v) is 13.4. The lowest BCUT2D eigenvalue weighted by Gasteiger charge is -2.23. The topological polar surface area (TPSA) is 47.3 Å². The van der Waals surface area contributed by atoms with Crippen molar-refractivity contribution in [2.45, 2.75) is 19.4 Å². The first kappa shape index (κ1) is 16.6. The molecule has 4 nitrogen and oxygen atoms in total. The molecule has 1 atom stereocenters. The van der Waals surface area contributed by atoms with E-state index in [2.05, 4.69) is 26.1 Å². The Morgan fingerprint density at radius 2 is 2.04 bits per heavy atom. The van der Waals surface area contributed by atoms with Gasteiger partial charge >= 0.3 is 0 Å². The molecule has 4 heteroatoms. The molecule has 0 saturated carbocycles. The maximum atomic E-state index is 12.6. The standard InChI is InChI=1S/C19H21N3O/c1-4-10-21(11-5-2)19(23)17(13-20)14-22-15(3)12-16-8-6-7-9-18(16)22/h4-9,14-15H,1-2,10-12H2,3H3/b17-14-. The van der Waals surface area contributed by atoms with Crippen LogP contribution in [0.15, 0.2) is 61.3 Å². The third-order valence-corrected chi connectivity index (χ3v) is 3.87. The van der Waals surface area contributed by atoms with Crippen LogP contribution in [0.4, 0.5) is 5.69 Å². The van der Waals surface area contributed by atoms with Crippen molar-refractivity contribution in [2.75, 3.05) is 18.0 Å². The van der Waals surface area contributed by atoms with Gasteiger partial charge in [0.25, 0.3) is 5.91 Å². The highest BCUT2D eigenvalue weighted by atomic mass is 16.2. The second kappa shape index (κ2) is 7.46. The van der Waals surface area contributed by atoms with Gasteiger partial charge in [-0.1, -0.05) is 30.4 Å². The molecule has 0 aromatic heterocycles.